The molecule has 2 aromatic heterocycles. The summed E-state index contributed by atoms with van der Waals surface area (Å²) < 4.78 is 1.91. The predicted molar refractivity (Wildman–Crippen MR) is 55.5 cm³/mol. The zero-order valence-electron chi connectivity index (χ0n) is 8.01. The second kappa shape index (κ2) is 3.49. The third kappa shape index (κ3) is 1.46. The van der Waals surface area contributed by atoms with E-state index in [9.17, 15) is 0 Å². The van der Waals surface area contributed by atoms with Crippen LogP contribution in [0.15, 0.2) is 30.7 Å². The first-order valence-corrected chi connectivity index (χ1v) is 4.54. The minimum Gasteiger partial charge on any atom is -0.397 e. The summed E-state index contributed by atoms with van der Waals surface area (Å²) in [7, 11) is 0. The first-order chi connectivity index (χ1) is 6.81. The summed E-state index contributed by atoms with van der Waals surface area (Å²) in [6.45, 7) is 2.90. The Hall–Kier alpha value is -1.84. The molecule has 4 heteroatoms. The van der Waals surface area contributed by atoms with E-state index >= 15 is 0 Å². The van der Waals surface area contributed by atoms with Crippen LogP contribution >= 0.6 is 0 Å². The number of anilines is 1. The van der Waals surface area contributed by atoms with Crippen molar-refractivity contribution < 1.29 is 0 Å². The minimum absolute atomic E-state index is 0.673. The summed E-state index contributed by atoms with van der Waals surface area (Å²) in [6, 6.07) is 3.86. The Kier molecular flexibility index (Phi) is 2.18. The molecule has 72 valence electrons. The molecule has 2 aromatic rings. The van der Waals surface area contributed by atoms with Gasteiger partial charge in [0.25, 0.3) is 0 Å². The van der Waals surface area contributed by atoms with Gasteiger partial charge in [0, 0.05) is 30.7 Å². The monoisotopic (exact) mass is 188 g/mol. The summed E-state index contributed by atoms with van der Waals surface area (Å²) >= 11 is 0. The topological polar surface area (TPSA) is 56.7 Å². The zero-order chi connectivity index (χ0) is 9.97. The zero-order valence-corrected chi connectivity index (χ0v) is 8.01. The molecule has 4 nitrogen and oxygen atoms in total. The largest absolute Gasteiger partial charge is 0.397 e. The fraction of sp³-hybridized carbons (Fsp3) is 0.200. The highest BCUT2D eigenvalue weighted by atomic mass is 15.3. The predicted octanol–water partition coefficient (Wildman–Crippen LogP) is 1.55. The lowest BCUT2D eigenvalue weighted by Crippen LogP contribution is -1.99. The number of pyridine rings is 1. The average Bonchev–Trinajstić information content (AvgIpc) is 2.65. The Morgan fingerprint density at radius 1 is 1.43 bits per heavy atom. The molecule has 2 N–H and O–H groups in total. The van der Waals surface area contributed by atoms with Crippen LogP contribution in [-0.2, 0) is 6.54 Å². The number of rotatable bonds is 2. The number of aromatic nitrogens is 3. The first kappa shape index (κ1) is 8.74. The Morgan fingerprint density at radius 3 is 3.00 bits per heavy atom. The standard InChI is InChI=1S/C10H12N4/c1-2-14-10(3-4-13-14)8-5-9(11)7-12-6-8/h3-7H,2,11H2,1H3. The molecule has 0 unspecified atom stereocenters. The summed E-state index contributed by atoms with van der Waals surface area (Å²) in [5.41, 5.74) is 8.39. The fourth-order valence-corrected chi connectivity index (χ4v) is 1.43. The van der Waals surface area contributed by atoms with Gasteiger partial charge < -0.3 is 5.73 Å². The van der Waals surface area contributed by atoms with Crippen LogP contribution in [0.1, 0.15) is 6.92 Å². The van der Waals surface area contributed by atoms with Crippen molar-refractivity contribution in [2.75, 3.05) is 5.73 Å². The molecule has 0 amide bonds. The number of nitrogen functional groups attached to an aromatic ring is 1. The van der Waals surface area contributed by atoms with Crippen LogP contribution in [-0.4, -0.2) is 14.8 Å². The third-order valence-electron chi connectivity index (χ3n) is 2.07. The fourth-order valence-electron chi connectivity index (χ4n) is 1.43. The van der Waals surface area contributed by atoms with Gasteiger partial charge in [-0.3, -0.25) is 9.67 Å². The van der Waals surface area contributed by atoms with Gasteiger partial charge in [0.15, 0.2) is 0 Å². The minimum atomic E-state index is 0.673. The van der Waals surface area contributed by atoms with Crippen LogP contribution in [0.25, 0.3) is 11.3 Å². The normalized spacial score (nSPS) is 10.4. The second-order valence-electron chi connectivity index (χ2n) is 3.04. The van der Waals surface area contributed by atoms with Gasteiger partial charge in [-0.25, -0.2) is 0 Å². The number of nitrogens with zero attached hydrogens (tertiary/aromatic N) is 3. The third-order valence-corrected chi connectivity index (χ3v) is 2.07. The van der Waals surface area contributed by atoms with Crippen molar-refractivity contribution in [1.29, 1.82) is 0 Å². The van der Waals surface area contributed by atoms with Crippen LogP contribution < -0.4 is 5.73 Å². The molecule has 0 aliphatic carbocycles. The molecule has 0 saturated carbocycles. The highest BCUT2D eigenvalue weighted by molar-refractivity contribution is 5.62. The first-order valence-electron chi connectivity index (χ1n) is 4.54. The lowest BCUT2D eigenvalue weighted by Gasteiger charge is -2.04. The summed E-state index contributed by atoms with van der Waals surface area (Å²) in [6.07, 6.45) is 5.21. The van der Waals surface area contributed by atoms with Crippen molar-refractivity contribution in [2.24, 2.45) is 0 Å². The highest BCUT2D eigenvalue weighted by Gasteiger charge is 2.03. The lowest BCUT2D eigenvalue weighted by atomic mass is 10.2. The number of aryl methyl sites for hydroxylation is 1. The van der Waals surface area contributed by atoms with Gasteiger partial charge in [0.2, 0.25) is 0 Å². The van der Waals surface area contributed by atoms with Gasteiger partial charge in [-0.2, -0.15) is 5.10 Å². The SMILES string of the molecule is CCn1nccc1-c1cncc(N)c1. The molecule has 0 fully saturated rings. The molecule has 0 bridgehead atoms. The van der Waals surface area contributed by atoms with Crippen molar-refractivity contribution in [2.45, 2.75) is 13.5 Å². The molecular formula is C10H12N4. The maximum absolute atomic E-state index is 5.66. The van der Waals surface area contributed by atoms with E-state index in [-0.39, 0.29) is 0 Å². The van der Waals surface area contributed by atoms with Crippen molar-refractivity contribution in [3.05, 3.63) is 30.7 Å². The number of hydrogen-bond donors (Lipinski definition) is 1. The molecule has 0 saturated heterocycles. The van der Waals surface area contributed by atoms with E-state index < -0.39 is 0 Å². The number of nitrogens with two attached hydrogens (primary N) is 1. The molecule has 0 aliphatic heterocycles. The molecule has 0 aliphatic rings. The smallest absolute Gasteiger partial charge is 0.0698 e. The van der Waals surface area contributed by atoms with Crippen LogP contribution in [0.3, 0.4) is 0 Å². The van der Waals surface area contributed by atoms with E-state index in [1.54, 1.807) is 18.6 Å². The van der Waals surface area contributed by atoms with Gasteiger partial charge >= 0.3 is 0 Å². The van der Waals surface area contributed by atoms with Crippen molar-refractivity contribution >= 4 is 5.69 Å². The van der Waals surface area contributed by atoms with E-state index in [4.69, 9.17) is 5.73 Å². The molecule has 2 rings (SSSR count). The second-order valence-corrected chi connectivity index (χ2v) is 3.04. The average molecular weight is 188 g/mol. The van der Waals surface area contributed by atoms with Crippen LogP contribution in [0.5, 0.6) is 0 Å². The summed E-state index contributed by atoms with van der Waals surface area (Å²) in [5, 5.41) is 4.19. The highest BCUT2D eigenvalue weighted by Crippen LogP contribution is 2.19. The van der Waals surface area contributed by atoms with E-state index in [2.05, 4.69) is 17.0 Å². The number of hydrogen-bond acceptors (Lipinski definition) is 3. The van der Waals surface area contributed by atoms with E-state index in [0.29, 0.717) is 5.69 Å². The Bertz CT molecular complexity index is 433. The van der Waals surface area contributed by atoms with E-state index in [1.165, 1.54) is 0 Å². The molecule has 0 atom stereocenters. The van der Waals surface area contributed by atoms with Gasteiger partial charge in [-0.15, -0.1) is 0 Å². The summed E-state index contributed by atoms with van der Waals surface area (Å²) in [4.78, 5) is 4.05. The van der Waals surface area contributed by atoms with Crippen molar-refractivity contribution in [3.8, 4) is 11.3 Å². The van der Waals surface area contributed by atoms with Crippen LogP contribution in [0.4, 0.5) is 5.69 Å². The van der Waals surface area contributed by atoms with Gasteiger partial charge in [0.05, 0.1) is 11.4 Å². The Labute approximate surface area is 82.4 Å². The Balaban J connectivity index is 2.49. The van der Waals surface area contributed by atoms with Gasteiger partial charge in [0.1, 0.15) is 0 Å². The Morgan fingerprint density at radius 2 is 2.29 bits per heavy atom. The quantitative estimate of drug-likeness (QED) is 0.777. The van der Waals surface area contributed by atoms with Gasteiger partial charge in [-0.05, 0) is 19.1 Å². The van der Waals surface area contributed by atoms with Crippen molar-refractivity contribution in [3.63, 3.8) is 0 Å². The van der Waals surface area contributed by atoms with Gasteiger partial charge in [-0.1, -0.05) is 0 Å². The van der Waals surface area contributed by atoms with E-state index in [1.807, 2.05) is 16.8 Å². The summed E-state index contributed by atoms with van der Waals surface area (Å²) in [5.74, 6) is 0. The van der Waals surface area contributed by atoms with Crippen molar-refractivity contribution in [1.82, 2.24) is 14.8 Å². The molecule has 0 radical (unpaired) electrons. The molecular weight excluding hydrogens is 176 g/mol. The van der Waals surface area contributed by atoms with E-state index in [0.717, 1.165) is 17.8 Å². The van der Waals surface area contributed by atoms with Crippen LogP contribution in [0.2, 0.25) is 0 Å². The maximum atomic E-state index is 5.66. The maximum Gasteiger partial charge on any atom is 0.0698 e. The molecule has 0 aromatic carbocycles. The van der Waals surface area contributed by atoms with Crippen LogP contribution in [0, 0.1) is 0 Å². The molecule has 14 heavy (non-hydrogen) atoms. The molecule has 2 heterocycles. The lowest BCUT2D eigenvalue weighted by molar-refractivity contribution is 0.667. The molecule has 0 spiro atoms.